The highest BCUT2D eigenvalue weighted by molar-refractivity contribution is 5.74. The second kappa shape index (κ2) is 7.99. The topological polar surface area (TPSA) is 83.7 Å². The molecule has 0 unspecified atom stereocenters. The second-order valence-electron chi connectivity index (χ2n) is 5.83. The molecule has 3 N–H and O–H groups in total. The van der Waals surface area contributed by atoms with Gasteiger partial charge in [-0.1, -0.05) is 24.3 Å². The number of amides is 2. The summed E-state index contributed by atoms with van der Waals surface area (Å²) in [6.45, 7) is 1.48. The molecule has 0 aliphatic heterocycles. The molecule has 0 fully saturated rings. The van der Waals surface area contributed by atoms with Crippen LogP contribution >= 0.6 is 0 Å². The van der Waals surface area contributed by atoms with Crippen molar-refractivity contribution in [2.24, 2.45) is 0 Å². The standard InChI is InChI=1S/C18H22N2O4/c21-16-11-13-5-1-2-7-15(13)17(16)20-18(22)19-8-4-9-23-12-14-6-3-10-24-14/h1-3,5-7,10,16-17,21H,4,8-9,11-12H2,(H2,19,20,22)/t16-,17+/m1/s1. The van der Waals surface area contributed by atoms with Crippen molar-refractivity contribution < 1.29 is 19.1 Å². The normalized spacial score (nSPS) is 19.0. The first-order chi connectivity index (χ1) is 11.7. The predicted octanol–water partition coefficient (Wildman–Crippen LogP) is 2.14. The van der Waals surface area contributed by atoms with Gasteiger partial charge in [0.1, 0.15) is 12.4 Å². The lowest BCUT2D eigenvalue weighted by Crippen LogP contribution is -2.41. The van der Waals surface area contributed by atoms with Crippen molar-refractivity contribution >= 4 is 6.03 Å². The van der Waals surface area contributed by atoms with Gasteiger partial charge in [-0.15, -0.1) is 0 Å². The number of ether oxygens (including phenoxy) is 1. The lowest BCUT2D eigenvalue weighted by Gasteiger charge is -2.18. The van der Waals surface area contributed by atoms with Gasteiger partial charge < -0.3 is 24.9 Å². The van der Waals surface area contributed by atoms with E-state index in [-0.39, 0.29) is 12.1 Å². The van der Waals surface area contributed by atoms with Crippen molar-refractivity contribution in [2.45, 2.75) is 31.6 Å². The number of hydrogen-bond acceptors (Lipinski definition) is 4. The fraction of sp³-hybridized carbons (Fsp3) is 0.389. The molecule has 3 rings (SSSR count). The van der Waals surface area contributed by atoms with E-state index in [0.29, 0.717) is 32.6 Å². The number of aliphatic hydroxyl groups excluding tert-OH is 1. The molecule has 0 saturated carbocycles. The van der Waals surface area contributed by atoms with Gasteiger partial charge in [-0.25, -0.2) is 4.79 Å². The number of carbonyl (C=O) groups excluding carboxylic acids is 1. The maximum absolute atomic E-state index is 12.0. The van der Waals surface area contributed by atoms with E-state index < -0.39 is 6.10 Å². The molecule has 1 aliphatic rings. The number of benzene rings is 1. The minimum atomic E-state index is -0.579. The van der Waals surface area contributed by atoms with E-state index in [1.807, 2.05) is 36.4 Å². The molecule has 6 nitrogen and oxygen atoms in total. The molecule has 2 amide bonds. The zero-order valence-corrected chi connectivity index (χ0v) is 13.4. The Morgan fingerprint density at radius 1 is 1.29 bits per heavy atom. The second-order valence-corrected chi connectivity index (χ2v) is 5.83. The first-order valence-electron chi connectivity index (χ1n) is 8.14. The molecule has 128 valence electrons. The van der Waals surface area contributed by atoms with Crippen molar-refractivity contribution in [1.29, 1.82) is 0 Å². The molecule has 2 aromatic rings. The summed E-state index contributed by atoms with van der Waals surface area (Å²) in [7, 11) is 0. The summed E-state index contributed by atoms with van der Waals surface area (Å²) < 4.78 is 10.6. The number of hydrogen-bond donors (Lipinski definition) is 3. The van der Waals surface area contributed by atoms with Crippen molar-refractivity contribution in [3.63, 3.8) is 0 Å². The number of aliphatic hydroxyl groups is 1. The molecule has 0 saturated heterocycles. The number of nitrogens with one attached hydrogen (secondary N) is 2. The van der Waals surface area contributed by atoms with Gasteiger partial charge in [0.05, 0.1) is 18.4 Å². The zero-order valence-electron chi connectivity index (χ0n) is 13.4. The molecule has 24 heavy (non-hydrogen) atoms. The van der Waals surface area contributed by atoms with Crippen LogP contribution in [-0.2, 0) is 17.8 Å². The van der Waals surface area contributed by atoms with Gasteiger partial charge in [-0.3, -0.25) is 0 Å². The number of carbonyl (C=O) groups is 1. The van der Waals surface area contributed by atoms with Crippen LogP contribution in [0, 0.1) is 0 Å². The highest BCUT2D eigenvalue weighted by Crippen LogP contribution is 2.30. The third-order valence-electron chi connectivity index (χ3n) is 4.07. The first-order valence-corrected chi connectivity index (χ1v) is 8.14. The van der Waals surface area contributed by atoms with Gasteiger partial charge in [-0.2, -0.15) is 0 Å². The Bertz CT molecular complexity index is 657. The monoisotopic (exact) mass is 330 g/mol. The van der Waals surface area contributed by atoms with Crippen molar-refractivity contribution in [3.8, 4) is 0 Å². The van der Waals surface area contributed by atoms with E-state index in [1.54, 1.807) is 6.26 Å². The molecule has 0 spiro atoms. The molecule has 1 aromatic carbocycles. The number of furan rings is 1. The van der Waals surface area contributed by atoms with Crippen molar-refractivity contribution in [2.75, 3.05) is 13.2 Å². The fourth-order valence-corrected chi connectivity index (χ4v) is 2.88. The highest BCUT2D eigenvalue weighted by atomic mass is 16.5. The Hall–Kier alpha value is -2.31. The lowest BCUT2D eigenvalue weighted by molar-refractivity contribution is 0.104. The Labute approximate surface area is 140 Å². The third-order valence-corrected chi connectivity index (χ3v) is 4.07. The molecular formula is C18H22N2O4. The summed E-state index contributed by atoms with van der Waals surface area (Å²) in [6, 6.07) is 10.8. The maximum Gasteiger partial charge on any atom is 0.315 e. The van der Waals surface area contributed by atoms with Crippen LogP contribution in [0.4, 0.5) is 4.79 Å². The molecular weight excluding hydrogens is 308 g/mol. The van der Waals surface area contributed by atoms with E-state index >= 15 is 0 Å². The van der Waals surface area contributed by atoms with Gasteiger partial charge >= 0.3 is 6.03 Å². The quantitative estimate of drug-likeness (QED) is 0.679. The molecule has 6 heteroatoms. The first kappa shape index (κ1) is 16.5. The van der Waals surface area contributed by atoms with Crippen LogP contribution in [0.1, 0.15) is 29.3 Å². The van der Waals surface area contributed by atoms with Crippen LogP contribution in [0.15, 0.2) is 47.1 Å². The van der Waals surface area contributed by atoms with Crippen molar-refractivity contribution in [1.82, 2.24) is 10.6 Å². The van der Waals surface area contributed by atoms with Gasteiger partial charge in [0.2, 0.25) is 0 Å². The minimum Gasteiger partial charge on any atom is -0.467 e. The lowest BCUT2D eigenvalue weighted by atomic mass is 10.1. The minimum absolute atomic E-state index is 0.276. The van der Waals surface area contributed by atoms with Gasteiger partial charge in [0, 0.05) is 19.6 Å². The summed E-state index contributed by atoms with van der Waals surface area (Å²) in [5.41, 5.74) is 2.07. The molecule has 0 radical (unpaired) electrons. The summed E-state index contributed by atoms with van der Waals surface area (Å²) in [6.07, 6.45) is 2.31. The van der Waals surface area contributed by atoms with E-state index in [2.05, 4.69) is 10.6 Å². The predicted molar refractivity (Wildman–Crippen MR) is 88.4 cm³/mol. The third kappa shape index (κ3) is 4.15. The van der Waals surface area contributed by atoms with E-state index in [1.165, 1.54) is 0 Å². The van der Waals surface area contributed by atoms with Crippen LogP contribution < -0.4 is 10.6 Å². The Kier molecular flexibility index (Phi) is 5.51. The van der Waals surface area contributed by atoms with Crippen LogP contribution in [0.5, 0.6) is 0 Å². The average molecular weight is 330 g/mol. The van der Waals surface area contributed by atoms with Crippen molar-refractivity contribution in [3.05, 3.63) is 59.5 Å². The SMILES string of the molecule is O=C(NCCCOCc1ccco1)N[C@H]1c2ccccc2C[C@H]1O. The van der Waals surface area contributed by atoms with E-state index in [9.17, 15) is 9.90 Å². The molecule has 1 aromatic heterocycles. The smallest absolute Gasteiger partial charge is 0.315 e. The van der Waals surface area contributed by atoms with Crippen LogP contribution in [-0.4, -0.2) is 30.4 Å². The highest BCUT2D eigenvalue weighted by Gasteiger charge is 2.31. The molecule has 1 aliphatic carbocycles. The molecule has 0 bridgehead atoms. The van der Waals surface area contributed by atoms with Crippen LogP contribution in [0.3, 0.4) is 0 Å². The number of urea groups is 1. The summed E-state index contributed by atoms with van der Waals surface area (Å²) in [5, 5.41) is 15.8. The average Bonchev–Trinajstić information content (AvgIpc) is 3.19. The van der Waals surface area contributed by atoms with Crippen LogP contribution in [0.25, 0.3) is 0 Å². The Morgan fingerprint density at radius 2 is 2.17 bits per heavy atom. The summed E-state index contributed by atoms with van der Waals surface area (Å²) >= 11 is 0. The summed E-state index contributed by atoms with van der Waals surface area (Å²) in [4.78, 5) is 12.0. The van der Waals surface area contributed by atoms with Gasteiger partial charge in [0.25, 0.3) is 0 Å². The van der Waals surface area contributed by atoms with Gasteiger partial charge in [0.15, 0.2) is 0 Å². The van der Waals surface area contributed by atoms with Gasteiger partial charge in [-0.05, 0) is 29.7 Å². The van der Waals surface area contributed by atoms with E-state index in [4.69, 9.17) is 9.15 Å². The maximum atomic E-state index is 12.0. The fourth-order valence-electron chi connectivity index (χ4n) is 2.88. The van der Waals surface area contributed by atoms with Crippen LogP contribution in [0.2, 0.25) is 0 Å². The number of fused-ring (bicyclic) bond motifs is 1. The molecule has 1 heterocycles. The Morgan fingerprint density at radius 3 is 3.00 bits per heavy atom. The molecule has 2 atom stereocenters. The largest absolute Gasteiger partial charge is 0.467 e. The Balaban J connectivity index is 1.34. The zero-order chi connectivity index (χ0) is 16.8. The number of rotatable bonds is 7. The van der Waals surface area contributed by atoms with E-state index in [0.717, 1.165) is 16.9 Å². The summed E-state index contributed by atoms with van der Waals surface area (Å²) in [5.74, 6) is 0.787.